The summed E-state index contributed by atoms with van der Waals surface area (Å²) in [6.45, 7) is 0. The van der Waals surface area contributed by atoms with Crippen LogP contribution in [0.1, 0.15) is 15.9 Å². The van der Waals surface area contributed by atoms with Crippen molar-refractivity contribution in [3.8, 4) is 0 Å². The van der Waals surface area contributed by atoms with Gasteiger partial charge < -0.3 is 0 Å². The molecule has 2 rings (SSSR count). The Morgan fingerprint density at radius 3 is 2.29 bits per heavy atom. The Hall–Kier alpha value is -1.38. The zero-order valence-corrected chi connectivity index (χ0v) is 10.1. The van der Waals surface area contributed by atoms with Gasteiger partial charge in [0.05, 0.1) is 10.0 Å². The average Bonchev–Trinajstić information content (AvgIpc) is 2.32. The van der Waals surface area contributed by atoms with E-state index in [9.17, 15) is 9.18 Å². The maximum atomic E-state index is 13.2. The number of carbonyl (C=O) groups excluding carboxylic acids is 1. The highest BCUT2D eigenvalue weighted by Crippen LogP contribution is 2.25. The van der Waals surface area contributed by atoms with Gasteiger partial charge in [0.2, 0.25) is 0 Å². The summed E-state index contributed by atoms with van der Waals surface area (Å²) in [5.41, 5.74) is 0.418. The van der Waals surface area contributed by atoms with Gasteiger partial charge in [0, 0.05) is 11.1 Å². The van der Waals surface area contributed by atoms with Gasteiger partial charge in [-0.25, -0.2) is 4.39 Å². The summed E-state index contributed by atoms with van der Waals surface area (Å²) in [4.78, 5) is 12.1. The lowest BCUT2D eigenvalue weighted by molar-refractivity contribution is 0.103. The molecule has 0 saturated carbocycles. The van der Waals surface area contributed by atoms with E-state index in [2.05, 4.69) is 0 Å². The Morgan fingerprint density at radius 1 is 0.941 bits per heavy atom. The third-order valence-electron chi connectivity index (χ3n) is 2.31. The molecular weight excluding hydrogens is 262 g/mol. The van der Waals surface area contributed by atoms with E-state index in [0.717, 1.165) is 0 Å². The second-order valence-corrected chi connectivity index (χ2v) is 4.20. The van der Waals surface area contributed by atoms with E-state index in [1.165, 1.54) is 18.2 Å². The second-order valence-electron chi connectivity index (χ2n) is 3.41. The number of hydrogen-bond donors (Lipinski definition) is 0. The molecule has 0 aliphatic heterocycles. The van der Waals surface area contributed by atoms with Crippen molar-refractivity contribution >= 4 is 29.0 Å². The van der Waals surface area contributed by atoms with Crippen LogP contribution in [0, 0.1) is 5.82 Å². The van der Waals surface area contributed by atoms with Crippen molar-refractivity contribution in [2.45, 2.75) is 0 Å². The summed E-state index contributed by atoms with van der Waals surface area (Å²) in [7, 11) is 0. The van der Waals surface area contributed by atoms with Crippen molar-refractivity contribution in [2.75, 3.05) is 0 Å². The monoisotopic (exact) mass is 268 g/mol. The van der Waals surface area contributed by atoms with Crippen LogP contribution < -0.4 is 0 Å². The van der Waals surface area contributed by atoms with Crippen LogP contribution in [0.3, 0.4) is 0 Å². The standard InChI is InChI=1S/C13H7Cl2FO/c14-10-6-2-1-4-8(10)13(17)9-5-3-7-11(16)12(9)15/h1-7H. The lowest BCUT2D eigenvalue weighted by Crippen LogP contribution is -2.03. The van der Waals surface area contributed by atoms with Crippen molar-refractivity contribution in [3.05, 3.63) is 69.5 Å². The smallest absolute Gasteiger partial charge is 0.196 e. The molecule has 0 saturated heterocycles. The van der Waals surface area contributed by atoms with Crippen LogP contribution in [0.15, 0.2) is 42.5 Å². The molecule has 2 aromatic carbocycles. The molecule has 2 aromatic rings. The van der Waals surface area contributed by atoms with Gasteiger partial charge in [-0.05, 0) is 24.3 Å². The van der Waals surface area contributed by atoms with Crippen LogP contribution in [-0.4, -0.2) is 5.78 Å². The highest BCUT2D eigenvalue weighted by molar-refractivity contribution is 6.38. The summed E-state index contributed by atoms with van der Waals surface area (Å²) in [6, 6.07) is 10.7. The lowest BCUT2D eigenvalue weighted by Gasteiger charge is -2.05. The van der Waals surface area contributed by atoms with Gasteiger partial charge in [-0.15, -0.1) is 0 Å². The predicted molar refractivity (Wildman–Crippen MR) is 66.3 cm³/mol. The summed E-state index contributed by atoms with van der Waals surface area (Å²) in [5, 5.41) is 0.134. The first kappa shape index (κ1) is 12.1. The Kier molecular flexibility index (Phi) is 3.46. The van der Waals surface area contributed by atoms with Crippen molar-refractivity contribution < 1.29 is 9.18 Å². The molecule has 0 aromatic heterocycles. The highest BCUT2D eigenvalue weighted by atomic mass is 35.5. The number of hydrogen-bond acceptors (Lipinski definition) is 1. The highest BCUT2D eigenvalue weighted by Gasteiger charge is 2.17. The number of carbonyl (C=O) groups is 1. The van der Waals surface area contributed by atoms with Crippen LogP contribution in [0.2, 0.25) is 10.0 Å². The number of rotatable bonds is 2. The van der Waals surface area contributed by atoms with E-state index in [-0.39, 0.29) is 16.4 Å². The molecular formula is C13H7Cl2FO. The molecule has 0 aliphatic carbocycles. The van der Waals surface area contributed by atoms with Crippen molar-refractivity contribution in [2.24, 2.45) is 0 Å². The molecule has 0 unspecified atom stereocenters. The van der Waals surface area contributed by atoms with E-state index in [0.29, 0.717) is 10.6 Å². The van der Waals surface area contributed by atoms with E-state index in [1.807, 2.05) is 0 Å². The average molecular weight is 269 g/mol. The molecule has 0 bridgehead atoms. The van der Waals surface area contributed by atoms with E-state index < -0.39 is 5.82 Å². The summed E-state index contributed by atoms with van der Waals surface area (Å²) >= 11 is 11.7. The fraction of sp³-hybridized carbons (Fsp3) is 0. The number of halogens is 3. The molecule has 0 atom stereocenters. The Bertz CT molecular complexity index is 581. The summed E-state index contributed by atoms with van der Waals surface area (Å²) < 4.78 is 13.2. The Morgan fingerprint density at radius 2 is 1.59 bits per heavy atom. The van der Waals surface area contributed by atoms with Crippen molar-refractivity contribution in [3.63, 3.8) is 0 Å². The van der Waals surface area contributed by atoms with Crippen LogP contribution in [0.5, 0.6) is 0 Å². The Balaban J connectivity index is 2.52. The molecule has 0 heterocycles. The molecule has 1 nitrogen and oxygen atoms in total. The first-order valence-electron chi connectivity index (χ1n) is 4.84. The molecule has 0 aliphatic rings. The zero-order chi connectivity index (χ0) is 12.4. The van der Waals surface area contributed by atoms with Gasteiger partial charge in [-0.3, -0.25) is 4.79 Å². The molecule has 0 spiro atoms. The largest absolute Gasteiger partial charge is 0.288 e. The predicted octanol–water partition coefficient (Wildman–Crippen LogP) is 4.36. The van der Waals surface area contributed by atoms with Crippen molar-refractivity contribution in [1.29, 1.82) is 0 Å². The first-order chi connectivity index (χ1) is 8.11. The maximum Gasteiger partial charge on any atom is 0.196 e. The molecule has 86 valence electrons. The quantitative estimate of drug-likeness (QED) is 0.740. The lowest BCUT2D eigenvalue weighted by atomic mass is 10.0. The minimum atomic E-state index is -0.621. The van der Waals surface area contributed by atoms with Gasteiger partial charge in [0.25, 0.3) is 0 Å². The molecule has 4 heteroatoms. The summed E-state index contributed by atoms with van der Waals surface area (Å²) in [6.07, 6.45) is 0. The van der Waals surface area contributed by atoms with Gasteiger partial charge in [-0.1, -0.05) is 41.4 Å². The van der Waals surface area contributed by atoms with Gasteiger partial charge in [-0.2, -0.15) is 0 Å². The normalized spacial score (nSPS) is 10.3. The molecule has 17 heavy (non-hydrogen) atoms. The molecule has 0 N–H and O–H groups in total. The Labute approximate surface area is 108 Å². The van der Waals surface area contributed by atoms with Crippen LogP contribution in [0.25, 0.3) is 0 Å². The molecule has 0 amide bonds. The third kappa shape index (κ3) is 2.33. The fourth-order valence-corrected chi connectivity index (χ4v) is 1.90. The SMILES string of the molecule is O=C(c1ccccc1Cl)c1cccc(F)c1Cl. The maximum absolute atomic E-state index is 13.2. The topological polar surface area (TPSA) is 17.1 Å². The molecule has 0 fully saturated rings. The fourth-order valence-electron chi connectivity index (χ4n) is 1.47. The number of benzene rings is 2. The van der Waals surface area contributed by atoms with Crippen LogP contribution in [0.4, 0.5) is 4.39 Å². The zero-order valence-electron chi connectivity index (χ0n) is 8.58. The number of ketones is 1. The minimum Gasteiger partial charge on any atom is -0.288 e. The second kappa shape index (κ2) is 4.86. The summed E-state index contributed by atoms with van der Waals surface area (Å²) in [5.74, 6) is -1.01. The van der Waals surface area contributed by atoms with Gasteiger partial charge in [0.1, 0.15) is 5.82 Å². The van der Waals surface area contributed by atoms with Gasteiger partial charge in [0.15, 0.2) is 5.78 Å². The first-order valence-corrected chi connectivity index (χ1v) is 5.60. The molecule has 0 radical (unpaired) electrons. The van der Waals surface area contributed by atoms with Crippen LogP contribution >= 0.6 is 23.2 Å². The van der Waals surface area contributed by atoms with Crippen LogP contribution in [-0.2, 0) is 0 Å². The van der Waals surface area contributed by atoms with E-state index in [4.69, 9.17) is 23.2 Å². The van der Waals surface area contributed by atoms with E-state index in [1.54, 1.807) is 24.3 Å². The minimum absolute atomic E-state index is 0.111. The van der Waals surface area contributed by atoms with E-state index >= 15 is 0 Å². The van der Waals surface area contributed by atoms with Gasteiger partial charge >= 0.3 is 0 Å². The van der Waals surface area contributed by atoms with Crippen molar-refractivity contribution in [1.82, 2.24) is 0 Å². The third-order valence-corrected chi connectivity index (χ3v) is 3.03.